The Morgan fingerprint density at radius 3 is 2.00 bits per heavy atom. The maximum absolute atomic E-state index is 11.6. The lowest BCUT2D eigenvalue weighted by molar-refractivity contribution is 0.375. The first-order chi connectivity index (χ1) is 3.68. The predicted octanol–water partition coefficient (Wildman–Crippen LogP) is 2.64. The maximum atomic E-state index is 11.6. The molecular weight excluding hydrogens is 117 g/mol. The van der Waals surface area contributed by atoms with Gasteiger partial charge in [0.15, 0.2) is 5.83 Å². The molecule has 0 amide bonds. The lowest BCUT2D eigenvalue weighted by atomic mass is 10.4. The van der Waals surface area contributed by atoms with Gasteiger partial charge in [-0.05, 0) is 0 Å². The fourth-order valence-electron chi connectivity index (χ4n) is 0.204. The highest BCUT2D eigenvalue weighted by Crippen LogP contribution is 2.12. The van der Waals surface area contributed by atoms with Crippen LogP contribution in [0.2, 0.25) is 0 Å². The van der Waals surface area contributed by atoms with Crippen molar-refractivity contribution in [3.8, 4) is 0 Å². The van der Waals surface area contributed by atoms with Crippen LogP contribution in [0.25, 0.3) is 0 Å². The molecule has 3 heteroatoms. The molecule has 0 unspecified atom stereocenters. The van der Waals surface area contributed by atoms with Crippen LogP contribution >= 0.6 is 0 Å². The van der Waals surface area contributed by atoms with Crippen LogP contribution in [0.5, 0.6) is 0 Å². The Balaban J connectivity index is 3.79. The van der Waals surface area contributed by atoms with Crippen molar-refractivity contribution < 1.29 is 13.2 Å². The smallest absolute Gasteiger partial charge is 0.206 e. The first kappa shape index (κ1) is 7.27. The Labute approximate surface area is 45.3 Å². The fourth-order valence-corrected chi connectivity index (χ4v) is 0.204. The van der Waals surface area contributed by atoms with Crippen LogP contribution in [0.3, 0.4) is 0 Å². The molecule has 0 saturated carbocycles. The first-order valence-corrected chi connectivity index (χ1v) is 1.99. The van der Waals surface area contributed by atoms with Gasteiger partial charge < -0.3 is 0 Å². The summed E-state index contributed by atoms with van der Waals surface area (Å²) in [5.74, 6) is -1.40. The zero-order chi connectivity index (χ0) is 6.57. The topological polar surface area (TPSA) is 0 Å². The summed E-state index contributed by atoms with van der Waals surface area (Å²) in [4.78, 5) is 0. The van der Waals surface area contributed by atoms with Crippen LogP contribution in [0, 0.1) is 0 Å². The highest BCUT2D eigenvalue weighted by molar-refractivity contribution is 4.96. The van der Waals surface area contributed by atoms with Gasteiger partial charge in [0.05, 0.1) is 0 Å². The molecule has 8 heavy (non-hydrogen) atoms. The van der Waals surface area contributed by atoms with Crippen molar-refractivity contribution >= 4 is 0 Å². The number of rotatable bonds is 2. The second-order valence-electron chi connectivity index (χ2n) is 1.16. The average molecular weight is 122 g/mol. The van der Waals surface area contributed by atoms with E-state index in [1.54, 1.807) is 0 Å². The van der Waals surface area contributed by atoms with E-state index in [0.29, 0.717) is 0 Å². The summed E-state index contributed by atoms with van der Waals surface area (Å²) in [5.41, 5.74) is 0. The van der Waals surface area contributed by atoms with Gasteiger partial charge >= 0.3 is 6.08 Å². The Morgan fingerprint density at radius 1 is 1.38 bits per heavy atom. The van der Waals surface area contributed by atoms with Crippen LogP contribution in [0.4, 0.5) is 13.2 Å². The van der Waals surface area contributed by atoms with Crippen molar-refractivity contribution in [2.45, 2.75) is 6.42 Å². The van der Waals surface area contributed by atoms with Gasteiger partial charge in [0.2, 0.25) is 0 Å². The summed E-state index contributed by atoms with van der Waals surface area (Å²) in [6.45, 7) is 3.08. The molecule has 0 radical (unpaired) electrons. The third-order valence-corrected chi connectivity index (χ3v) is 0.529. The molecule has 0 spiro atoms. The molecule has 0 nitrogen and oxygen atoms in total. The quantitative estimate of drug-likeness (QED) is 0.494. The Kier molecular flexibility index (Phi) is 2.99. The Bertz CT molecular complexity index is 111. The molecule has 0 saturated heterocycles. The summed E-state index contributed by atoms with van der Waals surface area (Å²) >= 11 is 0. The van der Waals surface area contributed by atoms with Crippen molar-refractivity contribution in [1.82, 2.24) is 0 Å². The van der Waals surface area contributed by atoms with Crippen molar-refractivity contribution in [3.05, 3.63) is 24.6 Å². The minimum atomic E-state index is -2.26. The molecule has 0 bridgehead atoms. The summed E-state index contributed by atoms with van der Waals surface area (Å²) in [6.07, 6.45) is -1.57. The third-order valence-electron chi connectivity index (χ3n) is 0.529. The molecule has 46 valence electrons. The second kappa shape index (κ2) is 3.29. The largest absolute Gasteiger partial charge is 0.301 e. The van der Waals surface area contributed by atoms with Gasteiger partial charge in [0, 0.05) is 6.42 Å². The van der Waals surface area contributed by atoms with E-state index in [0.717, 1.165) is 6.08 Å². The molecule has 0 aromatic carbocycles. The number of halogens is 3. The summed E-state index contributed by atoms with van der Waals surface area (Å²) < 4.78 is 33.7. The van der Waals surface area contributed by atoms with Crippen molar-refractivity contribution in [1.29, 1.82) is 0 Å². The van der Waals surface area contributed by atoms with E-state index in [-0.39, 0.29) is 6.42 Å². The van der Waals surface area contributed by atoms with Gasteiger partial charge in [-0.2, -0.15) is 8.78 Å². The number of allylic oxidation sites excluding steroid dienone is 2. The molecule has 0 aromatic rings. The average Bonchev–Trinajstić information content (AvgIpc) is 1.67. The standard InChI is InChI=1S/C5H5F3/c1-2-3-4(6)5(7)8/h2H,1,3H2. The molecule has 0 fully saturated rings. The van der Waals surface area contributed by atoms with Gasteiger partial charge in [0.25, 0.3) is 0 Å². The summed E-state index contributed by atoms with van der Waals surface area (Å²) in [7, 11) is 0. The monoisotopic (exact) mass is 122 g/mol. The third kappa shape index (κ3) is 2.44. The Hall–Kier alpha value is -0.730. The minimum Gasteiger partial charge on any atom is -0.206 e. The Morgan fingerprint density at radius 2 is 1.88 bits per heavy atom. The van der Waals surface area contributed by atoms with Crippen LogP contribution < -0.4 is 0 Å². The molecule has 0 aromatic heterocycles. The normalized spacial score (nSPS) is 8.38. The van der Waals surface area contributed by atoms with Gasteiger partial charge in [-0.1, -0.05) is 6.08 Å². The van der Waals surface area contributed by atoms with E-state index >= 15 is 0 Å². The molecule has 0 aliphatic carbocycles. The highest BCUT2D eigenvalue weighted by atomic mass is 19.3. The number of hydrogen-bond acceptors (Lipinski definition) is 0. The fraction of sp³-hybridized carbons (Fsp3) is 0.200. The predicted molar refractivity (Wildman–Crippen MR) is 25.2 cm³/mol. The SMILES string of the molecule is C=CCC(F)=C(F)F. The van der Waals surface area contributed by atoms with E-state index in [2.05, 4.69) is 6.58 Å². The van der Waals surface area contributed by atoms with Crippen LogP contribution in [0.1, 0.15) is 6.42 Å². The second-order valence-corrected chi connectivity index (χ2v) is 1.16. The summed E-state index contributed by atoms with van der Waals surface area (Å²) in [5, 5.41) is 0. The molecule has 0 N–H and O–H groups in total. The number of hydrogen-bond donors (Lipinski definition) is 0. The van der Waals surface area contributed by atoms with E-state index in [9.17, 15) is 13.2 Å². The van der Waals surface area contributed by atoms with Crippen molar-refractivity contribution in [2.24, 2.45) is 0 Å². The van der Waals surface area contributed by atoms with Gasteiger partial charge in [-0.3, -0.25) is 0 Å². The van der Waals surface area contributed by atoms with Crippen LogP contribution in [-0.2, 0) is 0 Å². The summed E-state index contributed by atoms with van der Waals surface area (Å²) in [6, 6.07) is 0. The van der Waals surface area contributed by atoms with Crippen LogP contribution in [-0.4, -0.2) is 0 Å². The molecule has 0 atom stereocenters. The maximum Gasteiger partial charge on any atom is 0.301 e. The molecule has 0 aliphatic rings. The van der Waals surface area contributed by atoms with E-state index in [4.69, 9.17) is 0 Å². The van der Waals surface area contributed by atoms with Crippen LogP contribution in [0.15, 0.2) is 24.6 Å². The molecule has 0 heterocycles. The van der Waals surface area contributed by atoms with E-state index in [1.807, 2.05) is 0 Å². The highest BCUT2D eigenvalue weighted by Gasteiger charge is 1.99. The van der Waals surface area contributed by atoms with Gasteiger partial charge in [-0.25, -0.2) is 4.39 Å². The molecule has 0 aliphatic heterocycles. The minimum absolute atomic E-state index is 0.387. The van der Waals surface area contributed by atoms with E-state index in [1.165, 1.54) is 0 Å². The lowest BCUT2D eigenvalue weighted by Gasteiger charge is -1.83. The zero-order valence-electron chi connectivity index (χ0n) is 4.13. The zero-order valence-corrected chi connectivity index (χ0v) is 4.13. The lowest BCUT2D eigenvalue weighted by Crippen LogP contribution is -1.70. The van der Waals surface area contributed by atoms with Crippen molar-refractivity contribution in [2.75, 3.05) is 0 Å². The van der Waals surface area contributed by atoms with E-state index < -0.39 is 11.9 Å². The van der Waals surface area contributed by atoms with Crippen molar-refractivity contribution in [3.63, 3.8) is 0 Å². The van der Waals surface area contributed by atoms with Gasteiger partial charge in [0.1, 0.15) is 0 Å². The first-order valence-electron chi connectivity index (χ1n) is 1.99. The molecule has 0 rings (SSSR count). The van der Waals surface area contributed by atoms with Gasteiger partial charge in [-0.15, -0.1) is 6.58 Å². The molecular formula is C5H5F3.